The average molecular weight is 307 g/mol. The Labute approximate surface area is 141 Å². The summed E-state index contributed by atoms with van der Waals surface area (Å²) in [4.78, 5) is 0. The van der Waals surface area contributed by atoms with Gasteiger partial charge in [-0.3, -0.25) is 0 Å². The van der Waals surface area contributed by atoms with E-state index in [-0.39, 0.29) is 0 Å². The third-order valence-corrected chi connectivity index (χ3v) is 6.57. The Hall–Kier alpha value is -0.260. The first-order valence-corrected chi connectivity index (χ1v) is 10.1. The van der Waals surface area contributed by atoms with Crippen LogP contribution in [0.3, 0.4) is 0 Å². The quantitative estimate of drug-likeness (QED) is 0.242. The van der Waals surface area contributed by atoms with Crippen LogP contribution in [0.25, 0.3) is 0 Å². The van der Waals surface area contributed by atoms with Crippen molar-refractivity contribution in [2.24, 2.45) is 29.1 Å². The Morgan fingerprint density at radius 2 is 1.45 bits per heavy atom. The summed E-state index contributed by atoms with van der Waals surface area (Å²) in [5.41, 5.74) is 0.468. The van der Waals surface area contributed by atoms with Gasteiger partial charge in [-0.15, -0.1) is 6.58 Å². The standard InChI is InChI=1S/C22H42/c1-7-13-20-21(22(20,6)9-3)17-12-16-19(5)15-11-10-14-18(4)8-2/h9,18-21H,3,7-8,10-17H2,1-2,4-6H3. The maximum Gasteiger partial charge on any atom is -0.00868 e. The zero-order chi connectivity index (χ0) is 16.6. The van der Waals surface area contributed by atoms with Crippen molar-refractivity contribution < 1.29 is 0 Å². The van der Waals surface area contributed by atoms with Crippen molar-refractivity contribution in [3.05, 3.63) is 12.7 Å². The van der Waals surface area contributed by atoms with E-state index in [1.807, 2.05) is 0 Å². The van der Waals surface area contributed by atoms with E-state index in [2.05, 4.69) is 47.3 Å². The monoisotopic (exact) mass is 306 g/mol. The second kappa shape index (κ2) is 9.78. The third kappa shape index (κ3) is 5.74. The Bertz CT molecular complexity index is 305. The summed E-state index contributed by atoms with van der Waals surface area (Å²) in [5, 5.41) is 0. The molecule has 0 radical (unpaired) electrons. The Balaban J connectivity index is 2.10. The van der Waals surface area contributed by atoms with Gasteiger partial charge in [-0.1, -0.05) is 92.1 Å². The van der Waals surface area contributed by atoms with E-state index in [9.17, 15) is 0 Å². The Morgan fingerprint density at radius 3 is 2.00 bits per heavy atom. The maximum atomic E-state index is 4.09. The lowest BCUT2D eigenvalue weighted by atomic mass is 9.93. The molecule has 5 atom stereocenters. The van der Waals surface area contributed by atoms with Gasteiger partial charge in [0.05, 0.1) is 0 Å². The fourth-order valence-corrected chi connectivity index (χ4v) is 4.38. The van der Waals surface area contributed by atoms with Crippen LogP contribution in [0.15, 0.2) is 12.7 Å². The van der Waals surface area contributed by atoms with Gasteiger partial charge in [0.25, 0.3) is 0 Å². The fourth-order valence-electron chi connectivity index (χ4n) is 4.38. The SMILES string of the molecule is C=CC1(C)C(CCC)C1CCCC(C)CCCCC(C)CC. The van der Waals surface area contributed by atoms with Crippen LogP contribution in [0.1, 0.15) is 98.8 Å². The smallest absolute Gasteiger partial charge is 0.00868 e. The first-order valence-electron chi connectivity index (χ1n) is 10.1. The minimum absolute atomic E-state index is 0.468. The molecule has 5 unspecified atom stereocenters. The van der Waals surface area contributed by atoms with Crippen molar-refractivity contribution in [2.45, 2.75) is 98.8 Å². The van der Waals surface area contributed by atoms with Gasteiger partial charge in [-0.05, 0) is 41.9 Å². The lowest BCUT2D eigenvalue weighted by molar-refractivity contribution is 0.407. The molecule has 130 valence electrons. The minimum Gasteiger partial charge on any atom is -0.103 e. The zero-order valence-corrected chi connectivity index (χ0v) is 16.2. The second-order valence-electron chi connectivity index (χ2n) is 8.41. The number of unbranched alkanes of at least 4 members (excludes halogenated alkanes) is 1. The highest BCUT2D eigenvalue weighted by Gasteiger charge is 2.56. The number of rotatable bonds is 13. The molecule has 1 rings (SSSR count). The van der Waals surface area contributed by atoms with Crippen LogP contribution in [-0.2, 0) is 0 Å². The van der Waals surface area contributed by atoms with Crippen molar-refractivity contribution in [1.29, 1.82) is 0 Å². The van der Waals surface area contributed by atoms with E-state index in [1.54, 1.807) is 0 Å². The van der Waals surface area contributed by atoms with Crippen LogP contribution >= 0.6 is 0 Å². The predicted molar refractivity (Wildman–Crippen MR) is 101 cm³/mol. The highest BCUT2D eigenvalue weighted by Crippen LogP contribution is 2.63. The van der Waals surface area contributed by atoms with Crippen LogP contribution in [0, 0.1) is 29.1 Å². The number of allylic oxidation sites excluding steroid dienone is 1. The summed E-state index contributed by atoms with van der Waals surface area (Å²) in [5.74, 6) is 3.72. The van der Waals surface area contributed by atoms with E-state index in [1.165, 1.54) is 64.2 Å². The lowest BCUT2D eigenvalue weighted by Gasteiger charge is -2.13. The van der Waals surface area contributed by atoms with Gasteiger partial charge in [0.15, 0.2) is 0 Å². The molecule has 0 heteroatoms. The number of hydrogen-bond donors (Lipinski definition) is 0. The molecule has 1 fully saturated rings. The van der Waals surface area contributed by atoms with E-state index in [0.29, 0.717) is 5.41 Å². The first kappa shape index (κ1) is 19.8. The molecule has 0 N–H and O–H groups in total. The van der Waals surface area contributed by atoms with Crippen LogP contribution in [-0.4, -0.2) is 0 Å². The molecule has 0 spiro atoms. The number of hydrogen-bond acceptors (Lipinski definition) is 0. The molecule has 1 saturated carbocycles. The fraction of sp³-hybridized carbons (Fsp3) is 0.909. The van der Waals surface area contributed by atoms with Crippen molar-refractivity contribution >= 4 is 0 Å². The largest absolute Gasteiger partial charge is 0.103 e. The maximum absolute atomic E-state index is 4.09. The van der Waals surface area contributed by atoms with E-state index >= 15 is 0 Å². The van der Waals surface area contributed by atoms with Gasteiger partial charge < -0.3 is 0 Å². The topological polar surface area (TPSA) is 0 Å². The molecule has 0 aliphatic heterocycles. The average Bonchev–Trinajstić information content (AvgIpc) is 3.08. The van der Waals surface area contributed by atoms with E-state index < -0.39 is 0 Å². The molecule has 0 nitrogen and oxygen atoms in total. The van der Waals surface area contributed by atoms with Gasteiger partial charge in [-0.2, -0.15) is 0 Å². The van der Waals surface area contributed by atoms with Gasteiger partial charge in [0.2, 0.25) is 0 Å². The van der Waals surface area contributed by atoms with Crippen LogP contribution in [0.4, 0.5) is 0 Å². The zero-order valence-electron chi connectivity index (χ0n) is 16.2. The molecule has 0 aromatic carbocycles. The first-order chi connectivity index (χ1) is 10.5. The van der Waals surface area contributed by atoms with E-state index in [0.717, 1.165) is 23.7 Å². The minimum atomic E-state index is 0.468. The van der Waals surface area contributed by atoms with Crippen LogP contribution in [0.2, 0.25) is 0 Å². The Morgan fingerprint density at radius 1 is 0.909 bits per heavy atom. The van der Waals surface area contributed by atoms with Crippen molar-refractivity contribution in [3.63, 3.8) is 0 Å². The predicted octanol–water partition coefficient (Wildman–Crippen LogP) is 7.64. The summed E-state index contributed by atoms with van der Waals surface area (Å²) >= 11 is 0. The summed E-state index contributed by atoms with van der Waals surface area (Å²) in [6, 6.07) is 0. The molecular weight excluding hydrogens is 264 g/mol. The molecule has 0 bridgehead atoms. The van der Waals surface area contributed by atoms with Crippen molar-refractivity contribution in [3.8, 4) is 0 Å². The van der Waals surface area contributed by atoms with Gasteiger partial charge >= 0.3 is 0 Å². The summed E-state index contributed by atoms with van der Waals surface area (Å²) < 4.78 is 0. The molecule has 22 heavy (non-hydrogen) atoms. The third-order valence-electron chi connectivity index (χ3n) is 6.57. The van der Waals surface area contributed by atoms with Crippen LogP contribution < -0.4 is 0 Å². The molecule has 0 aromatic heterocycles. The molecule has 0 amide bonds. The second-order valence-corrected chi connectivity index (χ2v) is 8.41. The highest BCUT2D eigenvalue weighted by atomic mass is 14.6. The molecule has 0 heterocycles. The molecular formula is C22H42. The van der Waals surface area contributed by atoms with Crippen molar-refractivity contribution in [1.82, 2.24) is 0 Å². The van der Waals surface area contributed by atoms with E-state index in [4.69, 9.17) is 0 Å². The van der Waals surface area contributed by atoms with Gasteiger partial charge in [0.1, 0.15) is 0 Å². The highest BCUT2D eigenvalue weighted by molar-refractivity contribution is 5.15. The van der Waals surface area contributed by atoms with Gasteiger partial charge in [-0.25, -0.2) is 0 Å². The lowest BCUT2D eigenvalue weighted by Crippen LogP contribution is -1.98. The van der Waals surface area contributed by atoms with Gasteiger partial charge in [0, 0.05) is 0 Å². The molecule has 1 aliphatic carbocycles. The summed E-state index contributed by atoms with van der Waals surface area (Å²) in [6.45, 7) is 16.0. The molecule has 0 saturated heterocycles. The van der Waals surface area contributed by atoms with Crippen LogP contribution in [0.5, 0.6) is 0 Å². The normalized spacial score (nSPS) is 30.0. The van der Waals surface area contributed by atoms with Crippen molar-refractivity contribution in [2.75, 3.05) is 0 Å². The summed E-state index contributed by atoms with van der Waals surface area (Å²) in [7, 11) is 0. The Kier molecular flexibility index (Phi) is 8.80. The molecule has 0 aromatic rings. The summed E-state index contributed by atoms with van der Waals surface area (Å²) in [6.07, 6.45) is 16.4. The molecule has 1 aliphatic rings.